The Balaban J connectivity index is 1.85. The van der Waals surface area contributed by atoms with Gasteiger partial charge in [0.15, 0.2) is 0 Å². The molecule has 1 aromatic rings. The van der Waals surface area contributed by atoms with Crippen molar-refractivity contribution in [3.63, 3.8) is 0 Å². The number of nitrogens with zero attached hydrogens (tertiary/aromatic N) is 1. The average molecular weight is 290 g/mol. The van der Waals surface area contributed by atoms with Crippen molar-refractivity contribution in [2.75, 3.05) is 19.7 Å². The quantitative estimate of drug-likeness (QED) is 0.912. The van der Waals surface area contributed by atoms with Crippen LogP contribution in [-0.4, -0.2) is 42.5 Å². The number of benzene rings is 1. The molecule has 0 radical (unpaired) electrons. The first-order chi connectivity index (χ1) is 9.97. The molecule has 0 aromatic heterocycles. The van der Waals surface area contributed by atoms with E-state index in [-0.39, 0.29) is 18.2 Å². The highest BCUT2D eigenvalue weighted by Gasteiger charge is 2.28. The van der Waals surface area contributed by atoms with Gasteiger partial charge in [-0.2, -0.15) is 0 Å². The monoisotopic (exact) mass is 290 g/mol. The Morgan fingerprint density at radius 3 is 2.67 bits per heavy atom. The van der Waals surface area contributed by atoms with Crippen molar-refractivity contribution in [3.05, 3.63) is 29.3 Å². The molecule has 1 unspecified atom stereocenters. The van der Waals surface area contributed by atoms with Crippen LogP contribution in [0.15, 0.2) is 18.2 Å². The zero-order chi connectivity index (χ0) is 15.4. The summed E-state index contributed by atoms with van der Waals surface area (Å²) in [6.07, 6.45) is 0.282. The van der Waals surface area contributed by atoms with Gasteiger partial charge in [-0.05, 0) is 44.0 Å². The predicted molar refractivity (Wildman–Crippen MR) is 80.2 cm³/mol. The number of nitrogens with one attached hydrogen (secondary N) is 1. The van der Waals surface area contributed by atoms with E-state index in [0.717, 1.165) is 16.9 Å². The van der Waals surface area contributed by atoms with Gasteiger partial charge in [-0.25, -0.2) is 0 Å². The highest BCUT2D eigenvalue weighted by Crippen LogP contribution is 2.16. The molecule has 114 valence electrons. The van der Waals surface area contributed by atoms with Crippen LogP contribution in [0.2, 0.25) is 0 Å². The Morgan fingerprint density at radius 1 is 1.33 bits per heavy atom. The van der Waals surface area contributed by atoms with Crippen molar-refractivity contribution in [3.8, 4) is 5.75 Å². The molecule has 0 aliphatic carbocycles. The molecule has 1 aromatic carbocycles. The topological polar surface area (TPSA) is 58.6 Å². The van der Waals surface area contributed by atoms with Crippen LogP contribution in [0, 0.1) is 13.8 Å². The van der Waals surface area contributed by atoms with Crippen molar-refractivity contribution in [1.82, 2.24) is 10.2 Å². The molecule has 0 spiro atoms. The second kappa shape index (κ2) is 6.61. The third-order valence-corrected chi connectivity index (χ3v) is 3.60. The minimum Gasteiger partial charge on any atom is -0.493 e. The molecule has 21 heavy (non-hydrogen) atoms. The van der Waals surface area contributed by atoms with Gasteiger partial charge in [0.05, 0.1) is 13.0 Å². The van der Waals surface area contributed by atoms with E-state index in [4.69, 9.17) is 4.74 Å². The van der Waals surface area contributed by atoms with E-state index < -0.39 is 6.04 Å². The molecule has 0 saturated carbocycles. The first kappa shape index (κ1) is 15.4. The Bertz CT molecular complexity index is 522. The van der Waals surface area contributed by atoms with Gasteiger partial charge < -0.3 is 15.0 Å². The number of hydrogen-bond donors (Lipinski definition) is 1. The molecular formula is C16H22N2O3. The number of carbonyl (C=O) groups excluding carboxylic acids is 2. The Kier molecular flexibility index (Phi) is 4.83. The van der Waals surface area contributed by atoms with E-state index in [0.29, 0.717) is 19.7 Å². The second-order valence-electron chi connectivity index (χ2n) is 5.48. The van der Waals surface area contributed by atoms with Crippen LogP contribution in [0.25, 0.3) is 0 Å². The van der Waals surface area contributed by atoms with Gasteiger partial charge in [0, 0.05) is 13.1 Å². The fraction of sp³-hybridized carbons (Fsp3) is 0.500. The minimum absolute atomic E-state index is 0.0401. The van der Waals surface area contributed by atoms with Gasteiger partial charge in [0.1, 0.15) is 11.8 Å². The summed E-state index contributed by atoms with van der Waals surface area (Å²) in [4.78, 5) is 25.3. The van der Waals surface area contributed by atoms with Crippen LogP contribution in [0.5, 0.6) is 5.75 Å². The van der Waals surface area contributed by atoms with Gasteiger partial charge in [-0.1, -0.05) is 6.07 Å². The van der Waals surface area contributed by atoms with Crippen molar-refractivity contribution in [1.29, 1.82) is 0 Å². The Morgan fingerprint density at radius 2 is 2.00 bits per heavy atom. The van der Waals surface area contributed by atoms with E-state index in [1.54, 1.807) is 11.8 Å². The van der Waals surface area contributed by atoms with Crippen molar-refractivity contribution in [2.45, 2.75) is 33.2 Å². The van der Waals surface area contributed by atoms with Gasteiger partial charge >= 0.3 is 0 Å². The number of amides is 2. The number of carbonyl (C=O) groups is 2. The van der Waals surface area contributed by atoms with Gasteiger partial charge in [0.2, 0.25) is 11.8 Å². The lowest BCUT2D eigenvalue weighted by molar-refractivity contribution is -0.142. The first-order valence-corrected chi connectivity index (χ1v) is 7.25. The summed E-state index contributed by atoms with van der Waals surface area (Å²) >= 11 is 0. The summed E-state index contributed by atoms with van der Waals surface area (Å²) < 4.78 is 5.64. The molecule has 0 bridgehead atoms. The fourth-order valence-corrected chi connectivity index (χ4v) is 2.54. The Hall–Kier alpha value is -2.04. The van der Waals surface area contributed by atoms with Gasteiger partial charge in [-0.3, -0.25) is 9.59 Å². The lowest BCUT2D eigenvalue weighted by Crippen LogP contribution is -2.56. The molecule has 1 fully saturated rings. The molecule has 1 aliphatic heterocycles. The maximum absolute atomic E-state index is 12.1. The summed E-state index contributed by atoms with van der Waals surface area (Å²) in [5.41, 5.74) is 2.27. The van der Waals surface area contributed by atoms with E-state index in [1.807, 2.05) is 26.0 Å². The zero-order valence-corrected chi connectivity index (χ0v) is 12.8. The largest absolute Gasteiger partial charge is 0.493 e. The lowest BCUT2D eigenvalue weighted by Gasteiger charge is -2.32. The van der Waals surface area contributed by atoms with Gasteiger partial charge in [0.25, 0.3) is 0 Å². The molecule has 5 nitrogen and oxygen atoms in total. The normalized spacial score (nSPS) is 18.3. The van der Waals surface area contributed by atoms with Crippen LogP contribution in [-0.2, 0) is 9.59 Å². The second-order valence-corrected chi connectivity index (χ2v) is 5.48. The molecule has 1 atom stereocenters. The summed E-state index contributed by atoms with van der Waals surface area (Å²) in [6, 6.07) is 5.59. The molecule has 2 rings (SSSR count). The average Bonchev–Trinajstić information content (AvgIpc) is 2.40. The molecule has 1 heterocycles. The standard InChI is InChI=1S/C16H22N2O3/c1-11-8-12(2)10-14(9-11)21-7-4-15(19)18-6-5-17-16(20)13(18)3/h8-10,13H,4-7H2,1-3H3,(H,17,20). The highest BCUT2D eigenvalue weighted by molar-refractivity contribution is 5.88. The third kappa shape index (κ3) is 3.97. The summed E-state index contributed by atoms with van der Waals surface area (Å²) in [5, 5.41) is 2.75. The number of ether oxygens (including phenoxy) is 1. The molecule has 5 heteroatoms. The van der Waals surface area contributed by atoms with Crippen molar-refractivity contribution < 1.29 is 14.3 Å². The summed E-state index contributed by atoms with van der Waals surface area (Å²) in [6.45, 7) is 7.18. The molecule has 2 amide bonds. The molecular weight excluding hydrogens is 268 g/mol. The molecule has 1 saturated heterocycles. The third-order valence-electron chi connectivity index (χ3n) is 3.60. The van der Waals surface area contributed by atoms with Crippen molar-refractivity contribution in [2.24, 2.45) is 0 Å². The van der Waals surface area contributed by atoms with Crippen LogP contribution in [0.4, 0.5) is 0 Å². The summed E-state index contributed by atoms with van der Waals surface area (Å²) in [7, 11) is 0. The van der Waals surface area contributed by atoms with Gasteiger partial charge in [-0.15, -0.1) is 0 Å². The number of hydrogen-bond acceptors (Lipinski definition) is 3. The zero-order valence-electron chi connectivity index (χ0n) is 12.8. The number of aryl methyl sites for hydroxylation is 2. The van der Waals surface area contributed by atoms with E-state index >= 15 is 0 Å². The van der Waals surface area contributed by atoms with E-state index in [1.165, 1.54) is 0 Å². The van der Waals surface area contributed by atoms with E-state index in [2.05, 4.69) is 11.4 Å². The minimum atomic E-state index is -0.396. The maximum atomic E-state index is 12.1. The highest BCUT2D eigenvalue weighted by atomic mass is 16.5. The number of rotatable bonds is 4. The maximum Gasteiger partial charge on any atom is 0.242 e. The SMILES string of the molecule is Cc1cc(C)cc(OCCC(=O)N2CCNC(=O)C2C)c1. The van der Waals surface area contributed by atoms with Crippen LogP contribution in [0.3, 0.4) is 0 Å². The predicted octanol–water partition coefficient (Wildman–Crippen LogP) is 1.42. The molecule has 1 N–H and O–H groups in total. The Labute approximate surface area is 125 Å². The van der Waals surface area contributed by atoms with Crippen LogP contribution in [0.1, 0.15) is 24.5 Å². The van der Waals surface area contributed by atoms with Crippen molar-refractivity contribution >= 4 is 11.8 Å². The van der Waals surface area contributed by atoms with Crippen LogP contribution < -0.4 is 10.1 Å². The van der Waals surface area contributed by atoms with E-state index in [9.17, 15) is 9.59 Å². The lowest BCUT2D eigenvalue weighted by atomic mass is 10.1. The summed E-state index contributed by atoms with van der Waals surface area (Å²) in [5.74, 6) is 0.649. The fourth-order valence-electron chi connectivity index (χ4n) is 2.54. The van der Waals surface area contributed by atoms with Crippen LogP contribution >= 0.6 is 0 Å². The smallest absolute Gasteiger partial charge is 0.242 e. The molecule has 1 aliphatic rings. The first-order valence-electron chi connectivity index (χ1n) is 7.25. The number of piperazine rings is 1.